The summed E-state index contributed by atoms with van der Waals surface area (Å²) in [6.45, 7) is 3.97. The summed E-state index contributed by atoms with van der Waals surface area (Å²) in [6.07, 6.45) is 4.78. The summed E-state index contributed by atoms with van der Waals surface area (Å²) in [5, 5.41) is 18.5. The summed E-state index contributed by atoms with van der Waals surface area (Å²) in [5.74, 6) is -0.578. The van der Waals surface area contributed by atoms with Gasteiger partial charge in [-0.05, 0) is 62.2 Å². The number of aliphatic hydroxyl groups excluding tert-OH is 1. The molecule has 1 aliphatic carbocycles. The number of hydrogen-bond donors (Lipinski definition) is 4. The molecule has 0 unspecified atom stereocenters. The number of urea groups is 2. The van der Waals surface area contributed by atoms with Crippen molar-refractivity contribution >= 4 is 29.3 Å². The summed E-state index contributed by atoms with van der Waals surface area (Å²) >= 11 is 0. The van der Waals surface area contributed by atoms with Crippen LogP contribution in [-0.4, -0.2) is 77.8 Å². The van der Waals surface area contributed by atoms with E-state index in [2.05, 4.69) is 16.0 Å². The first-order valence-electron chi connectivity index (χ1n) is 14.2. The van der Waals surface area contributed by atoms with E-state index in [4.69, 9.17) is 4.74 Å². The Labute approximate surface area is 240 Å². The Morgan fingerprint density at radius 3 is 2.46 bits per heavy atom. The van der Waals surface area contributed by atoms with E-state index in [1.807, 2.05) is 6.92 Å². The highest BCUT2D eigenvalue weighted by atomic mass is 19.1. The van der Waals surface area contributed by atoms with Crippen molar-refractivity contribution in [1.82, 2.24) is 15.1 Å². The molecule has 1 aliphatic heterocycles. The number of nitrogens with one attached hydrogen (secondary N) is 3. The van der Waals surface area contributed by atoms with Crippen LogP contribution in [0.15, 0.2) is 42.5 Å². The van der Waals surface area contributed by atoms with E-state index in [0.717, 1.165) is 25.7 Å². The number of fused-ring (bicyclic) bond motifs is 1. The molecule has 3 atom stereocenters. The second-order valence-corrected chi connectivity index (χ2v) is 11.1. The van der Waals surface area contributed by atoms with Crippen molar-refractivity contribution in [2.75, 3.05) is 37.4 Å². The van der Waals surface area contributed by atoms with Gasteiger partial charge in [-0.1, -0.05) is 26.2 Å². The van der Waals surface area contributed by atoms with Crippen molar-refractivity contribution < 1.29 is 28.6 Å². The Kier molecular flexibility index (Phi) is 10.0. The number of halogens is 1. The molecule has 4 rings (SSSR count). The lowest BCUT2D eigenvalue weighted by Crippen LogP contribution is -2.50. The molecule has 0 bridgehead atoms. The summed E-state index contributed by atoms with van der Waals surface area (Å²) < 4.78 is 19.6. The zero-order valence-electron chi connectivity index (χ0n) is 23.9. The number of nitrogens with zero attached hydrogens (tertiary/aromatic N) is 2. The highest BCUT2D eigenvalue weighted by Crippen LogP contribution is 2.31. The van der Waals surface area contributed by atoms with Gasteiger partial charge >= 0.3 is 12.1 Å². The van der Waals surface area contributed by atoms with Crippen LogP contribution in [0.5, 0.6) is 5.75 Å². The number of carbonyl (C=O) groups excluding carboxylic acids is 3. The lowest BCUT2D eigenvalue weighted by molar-refractivity contribution is 0.0371. The maximum absolute atomic E-state index is 13.7. The number of likely N-dealkylation sites (N-methyl/N-ethyl adjacent to an activating group) is 1. The fourth-order valence-electron chi connectivity index (χ4n) is 5.22. The summed E-state index contributed by atoms with van der Waals surface area (Å²) in [7, 11) is 1.63. The average molecular weight is 570 g/mol. The number of amides is 5. The molecule has 11 heteroatoms. The lowest BCUT2D eigenvalue weighted by Gasteiger charge is -2.38. The maximum Gasteiger partial charge on any atom is 0.321 e. The standard InChI is InChI=1S/C30H40FN5O5/c1-19-16-36(20(2)18-37)28(38)25-15-24(33-29(39)32-22-7-5-4-6-8-22)13-14-26(25)41-27(19)17-35(3)30(40)34-23-11-9-21(31)10-12-23/h9-15,19-20,22,27,37H,4-8,16-18H2,1-3H3,(H,34,40)(H2,32,33,39)/t19-,20-,27-/m1/s1. The minimum absolute atomic E-state index is 0.137. The van der Waals surface area contributed by atoms with Gasteiger partial charge in [-0.25, -0.2) is 14.0 Å². The Morgan fingerprint density at radius 1 is 1.10 bits per heavy atom. The quantitative estimate of drug-likeness (QED) is 0.386. The third-order valence-electron chi connectivity index (χ3n) is 7.76. The fraction of sp³-hybridized carbons (Fsp3) is 0.500. The molecular weight excluding hydrogens is 529 g/mol. The average Bonchev–Trinajstić information content (AvgIpc) is 2.96. The predicted octanol–water partition coefficient (Wildman–Crippen LogP) is 4.66. The Bertz CT molecular complexity index is 1220. The topological polar surface area (TPSA) is 123 Å². The van der Waals surface area contributed by atoms with E-state index < -0.39 is 24.0 Å². The molecule has 4 N–H and O–H groups in total. The largest absolute Gasteiger partial charge is 0.487 e. The molecule has 41 heavy (non-hydrogen) atoms. The fourth-order valence-corrected chi connectivity index (χ4v) is 5.22. The molecule has 10 nitrogen and oxygen atoms in total. The smallest absolute Gasteiger partial charge is 0.321 e. The molecule has 0 radical (unpaired) electrons. The number of rotatable bonds is 7. The summed E-state index contributed by atoms with van der Waals surface area (Å²) in [6, 6.07) is 9.38. The van der Waals surface area contributed by atoms with Gasteiger partial charge in [-0.2, -0.15) is 0 Å². The van der Waals surface area contributed by atoms with Crippen molar-refractivity contribution in [3.8, 4) is 5.75 Å². The van der Waals surface area contributed by atoms with Crippen molar-refractivity contribution in [3.05, 3.63) is 53.8 Å². The Morgan fingerprint density at radius 2 is 1.78 bits per heavy atom. The highest BCUT2D eigenvalue weighted by Gasteiger charge is 2.34. The number of anilines is 2. The molecule has 2 aromatic carbocycles. The number of hydrogen-bond acceptors (Lipinski definition) is 5. The van der Waals surface area contributed by atoms with Crippen LogP contribution in [0.3, 0.4) is 0 Å². The number of benzene rings is 2. The molecule has 1 fully saturated rings. The van der Waals surface area contributed by atoms with E-state index in [1.165, 1.54) is 35.6 Å². The molecule has 1 heterocycles. The van der Waals surface area contributed by atoms with Crippen LogP contribution >= 0.6 is 0 Å². The second kappa shape index (κ2) is 13.7. The van der Waals surface area contributed by atoms with E-state index in [1.54, 1.807) is 37.1 Å². The van der Waals surface area contributed by atoms with Gasteiger partial charge in [0.25, 0.3) is 5.91 Å². The van der Waals surface area contributed by atoms with E-state index in [-0.39, 0.29) is 49.2 Å². The SMILES string of the molecule is C[C@@H]1CN([C@H](C)CO)C(=O)c2cc(NC(=O)NC3CCCCC3)ccc2O[C@@H]1CN(C)C(=O)Nc1ccc(F)cc1. The van der Waals surface area contributed by atoms with Crippen molar-refractivity contribution in [3.63, 3.8) is 0 Å². The minimum Gasteiger partial charge on any atom is -0.487 e. The van der Waals surface area contributed by atoms with E-state index in [9.17, 15) is 23.9 Å². The van der Waals surface area contributed by atoms with Crippen LogP contribution in [-0.2, 0) is 0 Å². The third-order valence-corrected chi connectivity index (χ3v) is 7.76. The Hall–Kier alpha value is -3.86. The molecule has 1 saturated carbocycles. The van der Waals surface area contributed by atoms with E-state index >= 15 is 0 Å². The first kappa shape index (κ1) is 30.1. The lowest BCUT2D eigenvalue weighted by atomic mass is 9.96. The van der Waals surface area contributed by atoms with Crippen LogP contribution in [0.1, 0.15) is 56.3 Å². The van der Waals surface area contributed by atoms with Gasteiger partial charge in [0.15, 0.2) is 0 Å². The van der Waals surface area contributed by atoms with Crippen LogP contribution < -0.4 is 20.7 Å². The first-order chi connectivity index (χ1) is 19.6. The van der Waals surface area contributed by atoms with Gasteiger partial charge in [0.1, 0.15) is 17.7 Å². The molecular formula is C30H40FN5O5. The molecule has 5 amide bonds. The number of carbonyl (C=O) groups is 3. The molecule has 0 spiro atoms. The van der Waals surface area contributed by atoms with Crippen molar-refractivity contribution in [2.24, 2.45) is 5.92 Å². The van der Waals surface area contributed by atoms with Gasteiger partial charge in [0, 0.05) is 36.9 Å². The third kappa shape index (κ3) is 7.87. The summed E-state index contributed by atoms with van der Waals surface area (Å²) in [5.41, 5.74) is 1.17. The van der Waals surface area contributed by atoms with Crippen LogP contribution in [0.25, 0.3) is 0 Å². The molecule has 222 valence electrons. The molecule has 0 saturated heterocycles. The molecule has 2 aromatic rings. The van der Waals surface area contributed by atoms with Crippen molar-refractivity contribution in [2.45, 2.75) is 64.1 Å². The van der Waals surface area contributed by atoms with Crippen LogP contribution in [0, 0.1) is 11.7 Å². The number of ether oxygens (including phenoxy) is 1. The molecule has 0 aromatic heterocycles. The molecule has 2 aliphatic rings. The first-order valence-corrected chi connectivity index (χ1v) is 14.2. The van der Waals surface area contributed by atoms with Crippen molar-refractivity contribution in [1.29, 1.82) is 0 Å². The van der Waals surface area contributed by atoms with Gasteiger partial charge < -0.3 is 35.6 Å². The number of aliphatic hydroxyl groups is 1. The summed E-state index contributed by atoms with van der Waals surface area (Å²) in [4.78, 5) is 42.2. The van der Waals surface area contributed by atoms with Gasteiger partial charge in [-0.3, -0.25) is 4.79 Å². The van der Waals surface area contributed by atoms with E-state index in [0.29, 0.717) is 17.1 Å². The zero-order valence-corrected chi connectivity index (χ0v) is 23.9. The normalized spacial score (nSPS) is 20.1. The van der Waals surface area contributed by atoms with Crippen LogP contribution in [0.4, 0.5) is 25.4 Å². The zero-order chi connectivity index (χ0) is 29.5. The Balaban J connectivity index is 1.52. The monoisotopic (exact) mass is 569 g/mol. The predicted molar refractivity (Wildman–Crippen MR) is 155 cm³/mol. The van der Waals surface area contributed by atoms with Gasteiger partial charge in [0.05, 0.1) is 24.8 Å². The second-order valence-electron chi connectivity index (χ2n) is 11.1. The van der Waals surface area contributed by atoms with Gasteiger partial charge in [-0.15, -0.1) is 0 Å². The van der Waals surface area contributed by atoms with Crippen LogP contribution in [0.2, 0.25) is 0 Å². The minimum atomic E-state index is -0.493. The van der Waals surface area contributed by atoms with Gasteiger partial charge in [0.2, 0.25) is 0 Å². The maximum atomic E-state index is 13.7. The highest BCUT2D eigenvalue weighted by molar-refractivity contribution is 5.99.